The average Bonchev–Trinajstić information content (AvgIpc) is 2.47. The lowest BCUT2D eigenvalue weighted by atomic mass is 10.1. The zero-order chi connectivity index (χ0) is 15.3. The molecule has 5 heteroatoms. The first kappa shape index (κ1) is 15.7. The van der Waals surface area contributed by atoms with Gasteiger partial charge >= 0.3 is 0 Å². The van der Waals surface area contributed by atoms with E-state index in [2.05, 4.69) is 4.72 Å². The lowest BCUT2D eigenvalue weighted by Gasteiger charge is -2.17. The molecule has 0 spiro atoms. The molecule has 2 rings (SSSR count). The van der Waals surface area contributed by atoms with Crippen molar-refractivity contribution in [3.63, 3.8) is 0 Å². The number of nitrogens with one attached hydrogen (secondary N) is 1. The van der Waals surface area contributed by atoms with Gasteiger partial charge in [0.15, 0.2) is 0 Å². The van der Waals surface area contributed by atoms with Crippen LogP contribution in [0.5, 0.6) is 0 Å². The Hall–Kier alpha value is -1.69. The smallest absolute Gasteiger partial charge is 0.241 e. The van der Waals surface area contributed by atoms with Gasteiger partial charge in [0.2, 0.25) is 10.0 Å². The van der Waals surface area contributed by atoms with Crippen LogP contribution in [0.15, 0.2) is 59.5 Å². The van der Waals surface area contributed by atoms with E-state index in [-0.39, 0.29) is 11.5 Å². The highest BCUT2D eigenvalue weighted by Gasteiger charge is 2.21. The van der Waals surface area contributed by atoms with Crippen molar-refractivity contribution in [1.29, 1.82) is 0 Å². The molecule has 0 radical (unpaired) electrons. The van der Waals surface area contributed by atoms with Gasteiger partial charge in [-0.25, -0.2) is 13.1 Å². The third-order valence-corrected chi connectivity index (χ3v) is 4.93. The zero-order valence-corrected chi connectivity index (χ0v) is 12.7. The number of benzene rings is 2. The van der Waals surface area contributed by atoms with Crippen molar-refractivity contribution in [2.24, 2.45) is 0 Å². The highest BCUT2D eigenvalue weighted by atomic mass is 32.2. The van der Waals surface area contributed by atoms with Crippen molar-refractivity contribution in [3.8, 4) is 0 Å². The molecule has 0 bridgehead atoms. The van der Waals surface area contributed by atoms with Gasteiger partial charge in [0.1, 0.15) is 0 Å². The molecular formula is C16H19NO3S. The highest BCUT2D eigenvalue weighted by molar-refractivity contribution is 7.89. The molecule has 21 heavy (non-hydrogen) atoms. The van der Waals surface area contributed by atoms with Crippen LogP contribution in [0, 0.1) is 6.92 Å². The number of sulfonamides is 1. The minimum atomic E-state index is -3.63. The Bertz CT molecular complexity index is 684. The van der Waals surface area contributed by atoms with Crippen molar-refractivity contribution < 1.29 is 13.5 Å². The number of aliphatic hydroxyl groups is 1. The Morgan fingerprint density at radius 3 is 2.29 bits per heavy atom. The summed E-state index contributed by atoms with van der Waals surface area (Å²) in [5.41, 5.74) is 1.66. The molecular weight excluding hydrogens is 286 g/mol. The number of aryl methyl sites for hydroxylation is 1. The normalized spacial score (nSPS) is 13.0. The van der Waals surface area contributed by atoms with Gasteiger partial charge < -0.3 is 5.11 Å². The molecule has 0 saturated heterocycles. The monoisotopic (exact) mass is 305 g/mol. The fourth-order valence-corrected chi connectivity index (χ4v) is 3.66. The number of hydrogen-bond donors (Lipinski definition) is 2. The molecule has 4 nitrogen and oxygen atoms in total. The molecule has 0 saturated carbocycles. The fraction of sp³-hybridized carbons (Fsp3) is 0.250. The van der Waals surface area contributed by atoms with E-state index in [9.17, 15) is 13.5 Å². The summed E-state index contributed by atoms with van der Waals surface area (Å²) < 4.78 is 27.4. The third kappa shape index (κ3) is 4.14. The van der Waals surface area contributed by atoms with Gasteiger partial charge in [0.05, 0.1) is 11.5 Å². The maximum atomic E-state index is 12.4. The number of hydrogen-bond acceptors (Lipinski definition) is 3. The van der Waals surface area contributed by atoms with E-state index in [1.807, 2.05) is 30.3 Å². The molecule has 0 amide bonds. The molecule has 0 aliphatic heterocycles. The third-order valence-electron chi connectivity index (χ3n) is 3.25. The molecule has 0 heterocycles. The van der Waals surface area contributed by atoms with Crippen molar-refractivity contribution in [1.82, 2.24) is 4.72 Å². The van der Waals surface area contributed by atoms with Gasteiger partial charge in [-0.1, -0.05) is 48.5 Å². The molecule has 2 N–H and O–H groups in total. The molecule has 2 aromatic carbocycles. The van der Waals surface area contributed by atoms with Gasteiger partial charge in [0, 0.05) is 6.04 Å². The van der Waals surface area contributed by atoms with Gasteiger partial charge in [0.25, 0.3) is 0 Å². The molecule has 0 aromatic heterocycles. The second-order valence-corrected chi connectivity index (χ2v) is 6.64. The van der Waals surface area contributed by atoms with Crippen LogP contribution < -0.4 is 4.72 Å². The SMILES string of the molecule is Cc1ccccc1S(=O)(=O)N[C@@H](CO)Cc1ccccc1. The Kier molecular flexibility index (Phi) is 5.12. The van der Waals surface area contributed by atoms with Crippen LogP contribution in [0.25, 0.3) is 0 Å². The Labute approximate surface area is 125 Å². The summed E-state index contributed by atoms with van der Waals surface area (Å²) in [5, 5.41) is 9.44. The second-order valence-electron chi connectivity index (χ2n) is 4.96. The molecule has 0 fully saturated rings. The summed E-state index contributed by atoms with van der Waals surface area (Å²) in [5.74, 6) is 0. The maximum Gasteiger partial charge on any atom is 0.241 e. The van der Waals surface area contributed by atoms with Crippen LogP contribution in [0.1, 0.15) is 11.1 Å². The van der Waals surface area contributed by atoms with Crippen molar-refractivity contribution in [3.05, 3.63) is 65.7 Å². The van der Waals surface area contributed by atoms with Crippen LogP contribution >= 0.6 is 0 Å². The quantitative estimate of drug-likeness (QED) is 0.856. The van der Waals surface area contributed by atoms with Gasteiger partial charge in [-0.2, -0.15) is 0 Å². The summed E-state index contributed by atoms with van der Waals surface area (Å²) in [6.07, 6.45) is 0.447. The van der Waals surface area contributed by atoms with E-state index in [1.54, 1.807) is 31.2 Å². The van der Waals surface area contributed by atoms with E-state index < -0.39 is 16.1 Å². The standard InChI is InChI=1S/C16H19NO3S/c1-13-7-5-6-10-16(13)21(19,20)17-15(12-18)11-14-8-3-2-4-9-14/h2-10,15,17-18H,11-12H2,1H3/t15-/m1/s1. The summed E-state index contributed by atoms with van der Waals surface area (Å²) in [4.78, 5) is 0.247. The zero-order valence-electron chi connectivity index (χ0n) is 11.9. The summed E-state index contributed by atoms with van der Waals surface area (Å²) in [7, 11) is -3.63. The molecule has 112 valence electrons. The predicted molar refractivity (Wildman–Crippen MR) is 82.5 cm³/mol. The minimum Gasteiger partial charge on any atom is -0.395 e. The molecule has 0 aliphatic carbocycles. The topological polar surface area (TPSA) is 66.4 Å². The summed E-state index contributed by atoms with van der Waals surface area (Å²) in [6.45, 7) is 1.50. The highest BCUT2D eigenvalue weighted by Crippen LogP contribution is 2.15. The first-order valence-electron chi connectivity index (χ1n) is 6.75. The van der Waals surface area contributed by atoms with E-state index in [1.165, 1.54) is 0 Å². The molecule has 0 aliphatic rings. The largest absolute Gasteiger partial charge is 0.395 e. The first-order chi connectivity index (χ1) is 10.0. The lowest BCUT2D eigenvalue weighted by molar-refractivity contribution is 0.256. The van der Waals surface area contributed by atoms with E-state index in [0.29, 0.717) is 12.0 Å². The van der Waals surface area contributed by atoms with E-state index in [0.717, 1.165) is 5.56 Å². The van der Waals surface area contributed by atoms with Gasteiger partial charge in [-0.05, 0) is 30.5 Å². The Balaban J connectivity index is 2.16. The number of aliphatic hydroxyl groups excluding tert-OH is 1. The van der Waals surface area contributed by atoms with E-state index in [4.69, 9.17) is 0 Å². The Morgan fingerprint density at radius 2 is 1.67 bits per heavy atom. The minimum absolute atomic E-state index is 0.247. The second kappa shape index (κ2) is 6.85. The molecule has 0 unspecified atom stereocenters. The van der Waals surface area contributed by atoms with Crippen molar-refractivity contribution in [2.45, 2.75) is 24.3 Å². The van der Waals surface area contributed by atoms with Crippen molar-refractivity contribution in [2.75, 3.05) is 6.61 Å². The summed E-state index contributed by atoms with van der Waals surface area (Å²) in [6, 6.07) is 15.7. The maximum absolute atomic E-state index is 12.4. The van der Waals surface area contributed by atoms with Crippen LogP contribution in [0.2, 0.25) is 0 Å². The Morgan fingerprint density at radius 1 is 1.05 bits per heavy atom. The lowest BCUT2D eigenvalue weighted by Crippen LogP contribution is -2.39. The first-order valence-corrected chi connectivity index (χ1v) is 8.24. The van der Waals surface area contributed by atoms with Crippen LogP contribution in [0.3, 0.4) is 0 Å². The molecule has 2 aromatic rings. The van der Waals surface area contributed by atoms with Crippen molar-refractivity contribution >= 4 is 10.0 Å². The predicted octanol–water partition coefficient (Wildman–Crippen LogP) is 1.88. The average molecular weight is 305 g/mol. The van der Waals surface area contributed by atoms with Gasteiger partial charge in [-0.15, -0.1) is 0 Å². The fourth-order valence-electron chi connectivity index (χ4n) is 2.18. The van der Waals surface area contributed by atoms with E-state index >= 15 is 0 Å². The van der Waals surface area contributed by atoms with Crippen LogP contribution in [-0.4, -0.2) is 26.2 Å². The number of rotatable bonds is 6. The van der Waals surface area contributed by atoms with Crippen LogP contribution in [0.4, 0.5) is 0 Å². The summed E-state index contributed by atoms with van der Waals surface area (Å²) >= 11 is 0. The molecule has 1 atom stereocenters. The van der Waals surface area contributed by atoms with Crippen LogP contribution in [-0.2, 0) is 16.4 Å². The van der Waals surface area contributed by atoms with Gasteiger partial charge in [-0.3, -0.25) is 0 Å².